The molecule has 0 heterocycles. The van der Waals surface area contributed by atoms with Crippen molar-refractivity contribution in [3.8, 4) is 0 Å². The van der Waals surface area contributed by atoms with E-state index in [-0.39, 0.29) is 11.3 Å². The third kappa shape index (κ3) is 2.54. The number of carbonyl (C=O) groups excluding carboxylic acids is 1. The Bertz CT molecular complexity index is 160. The van der Waals surface area contributed by atoms with Gasteiger partial charge < -0.3 is 0 Å². The molecule has 0 aromatic heterocycles. The standard InChI is InChI=1S/C6H8NO2/c1-3-5-7(9)6(8)4-2/h3-4H,1-2,5H2/q+1. The van der Waals surface area contributed by atoms with E-state index in [9.17, 15) is 9.70 Å². The highest BCUT2D eigenvalue weighted by Crippen LogP contribution is 1.77. The van der Waals surface area contributed by atoms with Gasteiger partial charge in [0.05, 0.1) is 10.8 Å². The van der Waals surface area contributed by atoms with Crippen molar-refractivity contribution in [2.75, 3.05) is 6.54 Å². The van der Waals surface area contributed by atoms with Crippen LogP contribution in [0.4, 0.5) is 0 Å². The summed E-state index contributed by atoms with van der Waals surface area (Å²) in [6.07, 6.45) is 2.32. The SMILES string of the molecule is C=CC[N+](=O)C(=O)C=C. The largest absolute Gasteiger partial charge is 0.457 e. The lowest BCUT2D eigenvalue weighted by molar-refractivity contribution is -0.453. The number of nitroso groups, excluding NO2 is 1. The Morgan fingerprint density at radius 3 is 2.44 bits per heavy atom. The zero-order valence-corrected chi connectivity index (χ0v) is 5.04. The Morgan fingerprint density at radius 1 is 1.56 bits per heavy atom. The van der Waals surface area contributed by atoms with Crippen LogP contribution in [0.15, 0.2) is 25.3 Å². The van der Waals surface area contributed by atoms with Gasteiger partial charge in [-0.2, -0.15) is 0 Å². The minimum Gasteiger partial charge on any atom is -0.210 e. The normalized spacial score (nSPS) is 8.00. The molecule has 0 N–H and O–H groups in total. The van der Waals surface area contributed by atoms with Crippen molar-refractivity contribution in [1.29, 1.82) is 0 Å². The fraction of sp³-hybridized carbons (Fsp3) is 0.167. The van der Waals surface area contributed by atoms with Gasteiger partial charge in [0.15, 0.2) is 0 Å². The molecule has 0 aliphatic carbocycles. The molecule has 0 unspecified atom stereocenters. The summed E-state index contributed by atoms with van der Waals surface area (Å²) in [7, 11) is 0. The Hall–Kier alpha value is -1.25. The van der Waals surface area contributed by atoms with Crippen LogP contribution >= 0.6 is 0 Å². The molecule has 0 atom stereocenters. The summed E-state index contributed by atoms with van der Waals surface area (Å²) in [6.45, 7) is 6.45. The highest BCUT2D eigenvalue weighted by molar-refractivity contribution is 5.79. The average Bonchev–Trinajstić information content (AvgIpc) is 1.87. The molecule has 0 aromatic rings. The molecule has 1 amide bonds. The lowest BCUT2D eigenvalue weighted by atomic mass is 10.5. The van der Waals surface area contributed by atoms with Gasteiger partial charge in [-0.15, -0.1) is 0 Å². The average molecular weight is 126 g/mol. The van der Waals surface area contributed by atoms with Gasteiger partial charge in [0.25, 0.3) is 0 Å². The van der Waals surface area contributed by atoms with Crippen LogP contribution in [-0.4, -0.2) is 17.2 Å². The van der Waals surface area contributed by atoms with Gasteiger partial charge in [0, 0.05) is 4.91 Å². The van der Waals surface area contributed by atoms with E-state index in [1.165, 1.54) is 6.08 Å². The van der Waals surface area contributed by atoms with Gasteiger partial charge in [0.2, 0.25) is 6.54 Å². The van der Waals surface area contributed by atoms with E-state index in [1.54, 1.807) is 0 Å². The van der Waals surface area contributed by atoms with Gasteiger partial charge in [-0.05, 0) is 6.08 Å². The molecule has 0 aliphatic heterocycles. The fourth-order valence-corrected chi connectivity index (χ4v) is 0.309. The van der Waals surface area contributed by atoms with E-state index in [1.807, 2.05) is 0 Å². The second-order valence-electron chi connectivity index (χ2n) is 1.39. The van der Waals surface area contributed by atoms with Crippen molar-refractivity contribution in [2.24, 2.45) is 0 Å². The second kappa shape index (κ2) is 3.72. The smallest absolute Gasteiger partial charge is 0.210 e. The van der Waals surface area contributed by atoms with E-state index in [0.717, 1.165) is 6.08 Å². The summed E-state index contributed by atoms with van der Waals surface area (Å²) < 4.78 is 0.278. The number of nitrogens with zero attached hydrogens (tertiary/aromatic N) is 1. The molecular weight excluding hydrogens is 118 g/mol. The zero-order chi connectivity index (χ0) is 7.28. The van der Waals surface area contributed by atoms with Crippen LogP contribution in [0, 0.1) is 4.91 Å². The van der Waals surface area contributed by atoms with Gasteiger partial charge in [-0.1, -0.05) is 13.2 Å². The third-order valence-electron chi connectivity index (χ3n) is 0.715. The third-order valence-corrected chi connectivity index (χ3v) is 0.715. The highest BCUT2D eigenvalue weighted by Gasteiger charge is 2.13. The number of amides is 1. The molecule has 0 fully saturated rings. The summed E-state index contributed by atoms with van der Waals surface area (Å²) in [5.74, 6) is -0.630. The van der Waals surface area contributed by atoms with Crippen molar-refractivity contribution >= 4 is 5.91 Å². The first-order chi connectivity index (χ1) is 4.22. The summed E-state index contributed by atoms with van der Waals surface area (Å²) in [5.41, 5.74) is 0. The molecule has 0 saturated carbocycles. The maximum atomic E-state index is 10.4. The van der Waals surface area contributed by atoms with E-state index in [0.29, 0.717) is 0 Å². The summed E-state index contributed by atoms with van der Waals surface area (Å²) in [5, 5.41) is 0. The van der Waals surface area contributed by atoms with Gasteiger partial charge >= 0.3 is 5.91 Å². The lowest BCUT2D eigenvalue weighted by Gasteiger charge is -1.77. The molecular formula is C6H8NO2+. The maximum absolute atomic E-state index is 10.4. The van der Waals surface area contributed by atoms with Crippen molar-refractivity contribution in [3.05, 3.63) is 30.2 Å². The van der Waals surface area contributed by atoms with Crippen LogP contribution in [0.2, 0.25) is 0 Å². The van der Waals surface area contributed by atoms with E-state index in [4.69, 9.17) is 0 Å². The zero-order valence-electron chi connectivity index (χ0n) is 5.04. The molecule has 0 rings (SSSR count). The highest BCUT2D eigenvalue weighted by atomic mass is 16.3. The van der Waals surface area contributed by atoms with Crippen LogP contribution < -0.4 is 0 Å². The molecule has 0 aromatic carbocycles. The first kappa shape index (κ1) is 7.75. The summed E-state index contributed by atoms with van der Waals surface area (Å²) in [6, 6.07) is 0. The van der Waals surface area contributed by atoms with Crippen LogP contribution in [0.5, 0.6) is 0 Å². The maximum Gasteiger partial charge on any atom is 0.457 e. The van der Waals surface area contributed by atoms with E-state index < -0.39 is 5.91 Å². The second-order valence-corrected chi connectivity index (χ2v) is 1.39. The Balaban J connectivity index is 3.87. The minimum atomic E-state index is -0.630. The first-order valence-electron chi connectivity index (χ1n) is 2.44. The molecule has 3 heteroatoms. The number of rotatable bonds is 3. The molecule has 9 heavy (non-hydrogen) atoms. The van der Waals surface area contributed by atoms with Crippen molar-refractivity contribution in [2.45, 2.75) is 0 Å². The minimum absolute atomic E-state index is 0.0187. The molecule has 0 aliphatic rings. The molecule has 48 valence electrons. The van der Waals surface area contributed by atoms with Crippen molar-refractivity contribution < 1.29 is 9.55 Å². The van der Waals surface area contributed by atoms with Gasteiger partial charge in [0.1, 0.15) is 0 Å². The monoisotopic (exact) mass is 126 g/mol. The van der Waals surface area contributed by atoms with Crippen LogP contribution in [-0.2, 0) is 4.79 Å². The quantitative estimate of drug-likeness (QED) is 0.316. The van der Waals surface area contributed by atoms with Crippen LogP contribution in [0.25, 0.3) is 0 Å². The number of hydrogen-bond donors (Lipinski definition) is 0. The van der Waals surface area contributed by atoms with Crippen LogP contribution in [0.1, 0.15) is 0 Å². The van der Waals surface area contributed by atoms with Gasteiger partial charge in [-0.3, -0.25) is 0 Å². The molecule has 0 bridgehead atoms. The number of hydrogen-bond acceptors (Lipinski definition) is 2. The predicted molar refractivity (Wildman–Crippen MR) is 33.9 cm³/mol. The molecule has 0 spiro atoms. The van der Waals surface area contributed by atoms with Crippen molar-refractivity contribution in [3.63, 3.8) is 0 Å². The molecule has 0 radical (unpaired) electrons. The van der Waals surface area contributed by atoms with Gasteiger partial charge in [-0.25, -0.2) is 4.79 Å². The predicted octanol–water partition coefficient (Wildman–Crippen LogP) is 0.664. The molecule has 0 saturated heterocycles. The Morgan fingerprint density at radius 2 is 2.11 bits per heavy atom. The fourth-order valence-electron chi connectivity index (χ4n) is 0.309. The first-order valence-corrected chi connectivity index (χ1v) is 2.44. The lowest BCUT2D eigenvalue weighted by Crippen LogP contribution is -2.14. The summed E-state index contributed by atoms with van der Waals surface area (Å²) >= 11 is 0. The van der Waals surface area contributed by atoms with Crippen molar-refractivity contribution in [1.82, 2.24) is 0 Å². The Kier molecular flexibility index (Phi) is 3.20. The number of carbonyl (C=O) groups is 1. The van der Waals surface area contributed by atoms with E-state index in [2.05, 4.69) is 13.2 Å². The van der Waals surface area contributed by atoms with E-state index >= 15 is 0 Å². The topological polar surface area (TPSA) is 37.1 Å². The van der Waals surface area contributed by atoms with Crippen LogP contribution in [0.3, 0.4) is 0 Å². The summed E-state index contributed by atoms with van der Waals surface area (Å²) in [4.78, 5) is 20.7. The Labute approximate surface area is 53.3 Å². The molecule has 3 nitrogen and oxygen atoms in total.